The van der Waals surface area contributed by atoms with Crippen LogP contribution in [0.15, 0.2) is 59.6 Å². The second-order valence-electron chi connectivity index (χ2n) is 12.1. The van der Waals surface area contributed by atoms with Crippen molar-refractivity contribution in [2.45, 2.75) is 89.9 Å². The Hall–Kier alpha value is -1.68. The van der Waals surface area contributed by atoms with Crippen molar-refractivity contribution in [3.05, 3.63) is 70.7 Å². The summed E-state index contributed by atoms with van der Waals surface area (Å²) in [7, 11) is 1.38. The van der Waals surface area contributed by atoms with Gasteiger partial charge in [-0.05, 0) is 58.0 Å². The molecule has 0 bridgehead atoms. The zero-order valence-corrected chi connectivity index (χ0v) is 28.0. The molecule has 0 saturated carbocycles. The Morgan fingerprint density at radius 2 is 1.32 bits per heavy atom. The van der Waals surface area contributed by atoms with E-state index in [1.54, 1.807) is 14.2 Å². The van der Waals surface area contributed by atoms with Crippen LogP contribution in [0.2, 0.25) is 18.1 Å². The third kappa shape index (κ3) is 8.91. The highest BCUT2D eigenvalue weighted by Crippen LogP contribution is 2.39. The van der Waals surface area contributed by atoms with Gasteiger partial charge in [0, 0.05) is 12.3 Å². The molecule has 1 heterocycles. The van der Waals surface area contributed by atoms with E-state index in [-0.39, 0.29) is 35.4 Å². The standard InChI is InChI=1S/C32H47BrO6Si/c1-22(33)18-28-31(37-20-25-12-16-27(35-7)17-13-25)30(36-19-24-10-14-26(34-6)15-11-24)23(2)29(39-28)21-38-40(8,9)32(3,4)5/h10-17,23,28-31H,1,18-21H2,2-9H3/t23-,28+,29-,30+,31+/m0/s1. The van der Waals surface area contributed by atoms with Crippen LogP contribution in [0.4, 0.5) is 0 Å². The Kier molecular flexibility index (Phi) is 11.9. The summed E-state index contributed by atoms with van der Waals surface area (Å²) in [6, 6.07) is 15.9. The van der Waals surface area contributed by atoms with Crippen molar-refractivity contribution in [3.8, 4) is 11.5 Å². The summed E-state index contributed by atoms with van der Waals surface area (Å²) in [5, 5.41) is 0.114. The number of benzene rings is 2. The molecule has 222 valence electrons. The number of rotatable bonds is 13. The first-order chi connectivity index (χ1) is 18.8. The van der Waals surface area contributed by atoms with Gasteiger partial charge >= 0.3 is 0 Å². The van der Waals surface area contributed by atoms with Crippen molar-refractivity contribution in [3.63, 3.8) is 0 Å². The molecule has 40 heavy (non-hydrogen) atoms. The molecule has 6 nitrogen and oxygen atoms in total. The van der Waals surface area contributed by atoms with Crippen molar-refractivity contribution in [2.24, 2.45) is 5.92 Å². The third-order valence-corrected chi connectivity index (χ3v) is 13.0. The molecule has 0 unspecified atom stereocenters. The highest BCUT2D eigenvalue weighted by atomic mass is 79.9. The van der Waals surface area contributed by atoms with Gasteiger partial charge < -0.3 is 28.1 Å². The molecule has 0 aromatic heterocycles. The summed E-state index contributed by atoms with van der Waals surface area (Å²) in [6.07, 6.45) is -0.269. The maximum Gasteiger partial charge on any atom is 0.192 e. The van der Waals surface area contributed by atoms with Crippen molar-refractivity contribution < 1.29 is 28.1 Å². The van der Waals surface area contributed by atoms with Crippen LogP contribution >= 0.6 is 15.9 Å². The molecule has 1 saturated heterocycles. The zero-order chi connectivity index (χ0) is 29.5. The number of hydrogen-bond donors (Lipinski definition) is 0. The fourth-order valence-electron chi connectivity index (χ4n) is 4.51. The first kappa shape index (κ1) is 32.8. The lowest BCUT2D eigenvalue weighted by molar-refractivity contribution is -0.235. The third-order valence-electron chi connectivity index (χ3n) is 8.18. The molecule has 1 aliphatic heterocycles. The minimum Gasteiger partial charge on any atom is -0.497 e. The molecular weight excluding hydrogens is 588 g/mol. The Labute approximate surface area is 250 Å². The van der Waals surface area contributed by atoms with Crippen molar-refractivity contribution in [1.82, 2.24) is 0 Å². The first-order valence-corrected chi connectivity index (χ1v) is 17.7. The van der Waals surface area contributed by atoms with E-state index in [2.05, 4.69) is 63.3 Å². The smallest absolute Gasteiger partial charge is 0.192 e. The van der Waals surface area contributed by atoms with Crippen LogP contribution in [0, 0.1) is 5.92 Å². The summed E-state index contributed by atoms with van der Waals surface area (Å²) in [5.41, 5.74) is 2.13. The van der Waals surface area contributed by atoms with Crippen LogP contribution in [0.3, 0.4) is 0 Å². The summed E-state index contributed by atoms with van der Waals surface area (Å²) in [6.45, 7) is 19.0. The van der Waals surface area contributed by atoms with Crippen molar-refractivity contribution in [1.29, 1.82) is 0 Å². The van der Waals surface area contributed by atoms with E-state index < -0.39 is 8.32 Å². The summed E-state index contributed by atoms with van der Waals surface area (Å²) >= 11 is 3.57. The van der Waals surface area contributed by atoms with Gasteiger partial charge in [0.1, 0.15) is 17.6 Å². The lowest BCUT2D eigenvalue weighted by atomic mass is 9.86. The van der Waals surface area contributed by atoms with Gasteiger partial charge in [-0.15, -0.1) is 0 Å². The Balaban J connectivity index is 1.84. The fraction of sp³-hybridized carbons (Fsp3) is 0.562. The second kappa shape index (κ2) is 14.5. The molecule has 0 spiro atoms. The van der Waals surface area contributed by atoms with E-state index in [4.69, 9.17) is 28.1 Å². The molecule has 0 N–H and O–H groups in total. The molecule has 1 aliphatic rings. The maximum absolute atomic E-state index is 6.73. The molecular formula is C32H47BrO6Si. The molecule has 8 heteroatoms. The molecule has 0 aliphatic carbocycles. The molecule has 2 aromatic carbocycles. The molecule has 5 atom stereocenters. The predicted molar refractivity (Wildman–Crippen MR) is 167 cm³/mol. The summed E-state index contributed by atoms with van der Waals surface area (Å²) < 4.78 is 38.2. The number of halogens is 1. The Bertz CT molecular complexity index is 1070. The van der Waals surface area contributed by atoms with Gasteiger partial charge in [-0.25, -0.2) is 0 Å². The molecule has 0 radical (unpaired) electrons. The van der Waals surface area contributed by atoms with Gasteiger partial charge in [-0.1, -0.05) is 74.5 Å². The monoisotopic (exact) mass is 634 g/mol. The highest BCUT2D eigenvalue weighted by molar-refractivity contribution is 9.11. The van der Waals surface area contributed by atoms with Gasteiger partial charge in [-0.2, -0.15) is 0 Å². The SMILES string of the molecule is C=C(Br)C[C@H]1O[C@@H](CO[Si](C)(C)C(C)(C)C)[C@H](C)[C@@H](OCc2ccc(OC)cc2)[C@@H]1OCc1ccc(OC)cc1. The molecule has 0 amide bonds. The van der Waals surface area contributed by atoms with E-state index in [1.165, 1.54) is 0 Å². The quantitative estimate of drug-likeness (QED) is 0.209. The largest absolute Gasteiger partial charge is 0.497 e. The Morgan fingerprint density at radius 3 is 1.75 bits per heavy atom. The topological polar surface area (TPSA) is 55.4 Å². The van der Waals surface area contributed by atoms with Crippen LogP contribution < -0.4 is 9.47 Å². The average Bonchev–Trinajstić information content (AvgIpc) is 2.91. The Morgan fingerprint density at radius 1 is 0.850 bits per heavy atom. The predicted octanol–water partition coefficient (Wildman–Crippen LogP) is 7.90. The summed E-state index contributed by atoms with van der Waals surface area (Å²) in [5.74, 6) is 1.68. The molecule has 3 rings (SSSR count). The zero-order valence-electron chi connectivity index (χ0n) is 25.4. The average molecular weight is 636 g/mol. The first-order valence-electron chi connectivity index (χ1n) is 14.0. The van der Waals surface area contributed by atoms with Crippen molar-refractivity contribution in [2.75, 3.05) is 20.8 Å². The molecule has 1 fully saturated rings. The normalized spacial score (nSPS) is 23.6. The van der Waals surface area contributed by atoms with Crippen molar-refractivity contribution >= 4 is 24.2 Å². The number of hydrogen-bond acceptors (Lipinski definition) is 6. The van der Waals surface area contributed by atoms with Gasteiger partial charge in [0.05, 0.1) is 52.4 Å². The fourth-order valence-corrected chi connectivity index (χ4v) is 5.84. The lowest BCUT2D eigenvalue weighted by Crippen LogP contribution is -2.57. The number of methoxy groups -OCH3 is 2. The number of ether oxygens (including phenoxy) is 5. The molecule has 2 aromatic rings. The summed E-state index contributed by atoms with van der Waals surface area (Å²) in [4.78, 5) is 0. The van der Waals surface area contributed by atoms with E-state index >= 15 is 0 Å². The van der Waals surface area contributed by atoms with Gasteiger partial charge in [0.25, 0.3) is 0 Å². The second-order valence-corrected chi connectivity index (χ2v) is 18.0. The van der Waals surface area contributed by atoms with Crippen LogP contribution in [0.5, 0.6) is 11.5 Å². The van der Waals surface area contributed by atoms with Crippen LogP contribution in [-0.4, -0.2) is 53.6 Å². The van der Waals surface area contributed by atoms with E-state index in [0.717, 1.165) is 27.1 Å². The van der Waals surface area contributed by atoms with Gasteiger partial charge in [-0.3, -0.25) is 0 Å². The lowest BCUT2D eigenvalue weighted by Gasteiger charge is -2.47. The van der Waals surface area contributed by atoms with Crippen LogP contribution in [0.25, 0.3) is 0 Å². The van der Waals surface area contributed by atoms with E-state index in [0.29, 0.717) is 26.2 Å². The van der Waals surface area contributed by atoms with E-state index in [1.807, 2.05) is 48.5 Å². The highest BCUT2D eigenvalue weighted by Gasteiger charge is 2.46. The van der Waals surface area contributed by atoms with Crippen LogP contribution in [0.1, 0.15) is 45.2 Å². The van der Waals surface area contributed by atoms with Crippen LogP contribution in [-0.2, 0) is 31.9 Å². The maximum atomic E-state index is 6.73. The van der Waals surface area contributed by atoms with Gasteiger partial charge in [0.15, 0.2) is 8.32 Å². The minimum atomic E-state index is -1.96. The van der Waals surface area contributed by atoms with E-state index in [9.17, 15) is 0 Å². The van der Waals surface area contributed by atoms with Gasteiger partial charge in [0.2, 0.25) is 0 Å². The minimum absolute atomic E-state index is 0.0451.